The van der Waals surface area contributed by atoms with E-state index in [9.17, 15) is 17.2 Å². The van der Waals surface area contributed by atoms with Gasteiger partial charge in [-0.05, 0) is 18.6 Å². The van der Waals surface area contributed by atoms with Crippen LogP contribution in [0, 0.1) is 23.0 Å². The van der Waals surface area contributed by atoms with Crippen molar-refractivity contribution in [3.63, 3.8) is 0 Å². The summed E-state index contributed by atoms with van der Waals surface area (Å²) in [6.07, 6.45) is 2.48. The number of nitrogens with zero attached hydrogens (tertiary/aromatic N) is 4. The Morgan fingerprint density at radius 1 is 1.28 bits per heavy atom. The van der Waals surface area contributed by atoms with Crippen molar-refractivity contribution in [1.82, 2.24) is 14.3 Å². The van der Waals surface area contributed by atoms with Crippen LogP contribution < -0.4 is 4.74 Å². The SMILES string of the molecule is N#Cc1nccnc1OC1CCN(S(=O)(=O)c2ccc(F)cc2F)C1. The highest BCUT2D eigenvalue weighted by atomic mass is 32.2. The van der Waals surface area contributed by atoms with Crippen LogP contribution in [0.5, 0.6) is 5.88 Å². The van der Waals surface area contributed by atoms with Gasteiger partial charge in [0.25, 0.3) is 5.88 Å². The van der Waals surface area contributed by atoms with Crippen LogP contribution in [0.1, 0.15) is 12.1 Å². The van der Waals surface area contributed by atoms with Crippen LogP contribution in [-0.2, 0) is 10.0 Å². The highest BCUT2D eigenvalue weighted by Crippen LogP contribution is 2.26. The predicted molar refractivity (Wildman–Crippen MR) is 80.9 cm³/mol. The molecule has 1 aliphatic heterocycles. The summed E-state index contributed by atoms with van der Waals surface area (Å²) in [6.45, 7) is 0.0621. The Morgan fingerprint density at radius 2 is 2.04 bits per heavy atom. The zero-order valence-electron chi connectivity index (χ0n) is 12.8. The van der Waals surface area contributed by atoms with E-state index in [0.717, 1.165) is 16.4 Å². The summed E-state index contributed by atoms with van der Waals surface area (Å²) in [6, 6.07) is 4.14. The van der Waals surface area contributed by atoms with E-state index in [0.29, 0.717) is 12.5 Å². The fourth-order valence-corrected chi connectivity index (χ4v) is 4.01. The Balaban J connectivity index is 1.77. The molecule has 0 bridgehead atoms. The van der Waals surface area contributed by atoms with Crippen molar-refractivity contribution in [1.29, 1.82) is 5.26 Å². The number of hydrogen-bond acceptors (Lipinski definition) is 6. The Kier molecular flexibility index (Phi) is 4.61. The summed E-state index contributed by atoms with van der Waals surface area (Å²) in [5.41, 5.74) is -0.00612. The maximum Gasteiger partial charge on any atom is 0.251 e. The van der Waals surface area contributed by atoms with Gasteiger partial charge < -0.3 is 4.74 Å². The predicted octanol–water partition coefficient (Wildman–Crippen LogP) is 1.47. The van der Waals surface area contributed by atoms with Crippen molar-refractivity contribution in [2.24, 2.45) is 0 Å². The van der Waals surface area contributed by atoms with Gasteiger partial charge >= 0.3 is 0 Å². The molecule has 1 aromatic heterocycles. The van der Waals surface area contributed by atoms with E-state index in [-0.39, 0.29) is 24.7 Å². The molecule has 0 saturated carbocycles. The minimum atomic E-state index is -4.12. The molecule has 10 heteroatoms. The Hall–Kier alpha value is -2.64. The van der Waals surface area contributed by atoms with E-state index in [4.69, 9.17) is 10.00 Å². The quantitative estimate of drug-likeness (QED) is 0.813. The van der Waals surface area contributed by atoms with Crippen LogP contribution >= 0.6 is 0 Å². The lowest BCUT2D eigenvalue weighted by Gasteiger charge is -2.17. The number of aromatic nitrogens is 2. The lowest BCUT2D eigenvalue weighted by atomic mass is 10.3. The molecule has 25 heavy (non-hydrogen) atoms. The minimum absolute atomic E-state index is 0.00612. The topological polar surface area (TPSA) is 96.2 Å². The molecule has 0 radical (unpaired) electrons. The zero-order chi connectivity index (χ0) is 18.0. The van der Waals surface area contributed by atoms with Crippen LogP contribution in [0.2, 0.25) is 0 Å². The Bertz CT molecular complexity index is 946. The van der Waals surface area contributed by atoms with Gasteiger partial charge in [-0.1, -0.05) is 0 Å². The molecule has 1 unspecified atom stereocenters. The number of nitriles is 1. The minimum Gasteiger partial charge on any atom is -0.471 e. The summed E-state index contributed by atoms with van der Waals surface area (Å²) in [4.78, 5) is 7.12. The van der Waals surface area contributed by atoms with Gasteiger partial charge in [-0.3, -0.25) is 0 Å². The van der Waals surface area contributed by atoms with Gasteiger partial charge in [0.05, 0.1) is 6.54 Å². The summed E-state index contributed by atoms with van der Waals surface area (Å²) < 4.78 is 58.4. The van der Waals surface area contributed by atoms with Gasteiger partial charge in [-0.15, -0.1) is 0 Å². The second-order valence-electron chi connectivity index (χ2n) is 5.29. The molecule has 1 aliphatic rings. The molecule has 2 heterocycles. The number of benzene rings is 1. The Morgan fingerprint density at radius 3 is 2.76 bits per heavy atom. The van der Waals surface area contributed by atoms with Crippen LogP contribution in [-0.4, -0.2) is 41.9 Å². The molecule has 3 rings (SSSR count). The normalized spacial score (nSPS) is 18.0. The average Bonchev–Trinajstić information content (AvgIpc) is 3.04. The molecule has 0 aliphatic carbocycles. The third-order valence-corrected chi connectivity index (χ3v) is 5.57. The molecule has 1 saturated heterocycles. The summed E-state index contributed by atoms with van der Waals surface area (Å²) in [5, 5.41) is 8.96. The molecule has 130 valence electrons. The molecule has 0 spiro atoms. The third-order valence-electron chi connectivity index (χ3n) is 3.67. The summed E-state index contributed by atoms with van der Waals surface area (Å²) in [5.74, 6) is -1.99. The number of ether oxygens (including phenoxy) is 1. The van der Waals surface area contributed by atoms with Crippen molar-refractivity contribution in [3.8, 4) is 11.9 Å². The molecular formula is C15H12F2N4O3S. The van der Waals surface area contributed by atoms with Gasteiger partial charge in [0.15, 0.2) is 0 Å². The van der Waals surface area contributed by atoms with Crippen molar-refractivity contribution < 1.29 is 21.9 Å². The largest absolute Gasteiger partial charge is 0.471 e. The third kappa shape index (κ3) is 3.42. The number of hydrogen-bond donors (Lipinski definition) is 0. The van der Waals surface area contributed by atoms with Crippen LogP contribution in [0.15, 0.2) is 35.5 Å². The van der Waals surface area contributed by atoms with Gasteiger partial charge in [-0.25, -0.2) is 27.2 Å². The number of rotatable bonds is 4. The lowest BCUT2D eigenvalue weighted by molar-refractivity contribution is 0.205. The molecule has 1 fully saturated rings. The van der Waals surface area contributed by atoms with E-state index in [1.807, 2.05) is 6.07 Å². The molecule has 1 aromatic carbocycles. The van der Waals surface area contributed by atoms with E-state index >= 15 is 0 Å². The number of halogens is 2. The van der Waals surface area contributed by atoms with Crippen LogP contribution in [0.3, 0.4) is 0 Å². The fourth-order valence-electron chi connectivity index (χ4n) is 2.48. The van der Waals surface area contributed by atoms with Crippen molar-refractivity contribution in [2.45, 2.75) is 17.4 Å². The highest BCUT2D eigenvalue weighted by molar-refractivity contribution is 7.89. The van der Waals surface area contributed by atoms with Crippen molar-refractivity contribution in [3.05, 3.63) is 47.9 Å². The number of sulfonamides is 1. The van der Waals surface area contributed by atoms with E-state index in [2.05, 4.69) is 9.97 Å². The zero-order valence-corrected chi connectivity index (χ0v) is 13.6. The van der Waals surface area contributed by atoms with E-state index in [1.54, 1.807) is 0 Å². The lowest BCUT2D eigenvalue weighted by Crippen LogP contribution is -2.31. The maximum absolute atomic E-state index is 13.8. The average molecular weight is 366 g/mol. The van der Waals surface area contributed by atoms with Gasteiger partial charge in [0, 0.05) is 25.0 Å². The molecule has 0 amide bonds. The highest BCUT2D eigenvalue weighted by Gasteiger charge is 2.35. The maximum atomic E-state index is 13.8. The van der Waals surface area contributed by atoms with Crippen molar-refractivity contribution >= 4 is 10.0 Å². The standard InChI is InChI=1S/C15H12F2N4O3S/c16-10-1-2-14(12(17)7-10)25(22,23)21-6-3-11(9-21)24-15-13(8-18)19-4-5-20-15/h1-2,4-5,7,11H,3,6,9H2. The molecule has 2 aromatic rings. The van der Waals surface area contributed by atoms with Crippen LogP contribution in [0.25, 0.3) is 0 Å². The second-order valence-corrected chi connectivity index (χ2v) is 7.19. The first-order chi connectivity index (χ1) is 11.9. The Labute approximate surface area is 142 Å². The second kappa shape index (κ2) is 6.70. The first-order valence-corrected chi connectivity index (χ1v) is 8.69. The molecule has 1 atom stereocenters. The van der Waals surface area contributed by atoms with E-state index < -0.39 is 32.7 Å². The van der Waals surface area contributed by atoms with Gasteiger partial charge in [0.1, 0.15) is 28.7 Å². The van der Waals surface area contributed by atoms with Crippen molar-refractivity contribution in [2.75, 3.05) is 13.1 Å². The monoisotopic (exact) mass is 366 g/mol. The summed E-state index contributed by atoms with van der Waals surface area (Å²) in [7, 11) is -4.12. The van der Waals surface area contributed by atoms with Gasteiger partial charge in [0.2, 0.25) is 15.7 Å². The van der Waals surface area contributed by atoms with Crippen LogP contribution in [0.4, 0.5) is 8.78 Å². The first-order valence-electron chi connectivity index (χ1n) is 7.25. The van der Waals surface area contributed by atoms with E-state index in [1.165, 1.54) is 12.4 Å². The molecule has 7 nitrogen and oxygen atoms in total. The first kappa shape index (κ1) is 17.2. The molecular weight excluding hydrogens is 354 g/mol. The smallest absolute Gasteiger partial charge is 0.251 e. The summed E-state index contributed by atoms with van der Waals surface area (Å²) >= 11 is 0. The fraction of sp³-hybridized carbons (Fsp3) is 0.267. The van der Waals surface area contributed by atoms with Gasteiger partial charge in [-0.2, -0.15) is 9.57 Å². The molecule has 0 N–H and O–H groups in total.